The van der Waals surface area contributed by atoms with Crippen LogP contribution < -0.4 is 5.32 Å². The van der Waals surface area contributed by atoms with Gasteiger partial charge in [-0.15, -0.1) is 0 Å². The van der Waals surface area contributed by atoms with E-state index in [1.54, 1.807) is 18.0 Å². The Morgan fingerprint density at radius 1 is 1.17 bits per heavy atom. The fourth-order valence-electron chi connectivity index (χ4n) is 3.81. The van der Waals surface area contributed by atoms with Crippen LogP contribution >= 0.6 is 0 Å². The Morgan fingerprint density at radius 3 is 2.67 bits per heavy atom. The van der Waals surface area contributed by atoms with Gasteiger partial charge in [-0.05, 0) is 36.0 Å². The third kappa shape index (κ3) is 3.86. The number of rotatable bonds is 4. The molecule has 128 valence electrons. The van der Waals surface area contributed by atoms with Crippen LogP contribution in [0.25, 0.3) is 6.08 Å². The zero-order valence-corrected chi connectivity index (χ0v) is 14.3. The third-order valence-corrected chi connectivity index (χ3v) is 5.16. The fraction of sp³-hybridized carbons (Fsp3) is 0.500. The highest BCUT2D eigenvalue weighted by molar-refractivity contribution is 5.81. The average Bonchev–Trinajstić information content (AvgIpc) is 2.61. The van der Waals surface area contributed by atoms with E-state index in [0.717, 1.165) is 17.7 Å². The highest BCUT2D eigenvalue weighted by Gasteiger charge is 2.28. The van der Waals surface area contributed by atoms with Crippen molar-refractivity contribution < 1.29 is 9.59 Å². The van der Waals surface area contributed by atoms with Gasteiger partial charge in [0.15, 0.2) is 0 Å². The lowest BCUT2D eigenvalue weighted by Crippen LogP contribution is -2.36. The molecular weight excluding hydrogens is 300 g/mol. The molecule has 0 radical (unpaired) electrons. The minimum absolute atomic E-state index is 0.0296. The minimum Gasteiger partial charge on any atom is -0.356 e. The molecule has 2 aliphatic rings. The molecule has 3 rings (SSSR count). The molecule has 1 aromatic carbocycles. The number of hydrogen-bond donors (Lipinski definition) is 1. The summed E-state index contributed by atoms with van der Waals surface area (Å²) >= 11 is 0. The highest BCUT2D eigenvalue weighted by Crippen LogP contribution is 2.32. The molecule has 0 unspecified atom stereocenters. The predicted octanol–water partition coefficient (Wildman–Crippen LogP) is 3.65. The molecule has 4 nitrogen and oxygen atoms in total. The van der Waals surface area contributed by atoms with Crippen molar-refractivity contribution >= 4 is 17.9 Å². The maximum Gasteiger partial charge on any atom is 0.223 e. The Labute approximate surface area is 143 Å². The van der Waals surface area contributed by atoms with E-state index in [-0.39, 0.29) is 17.9 Å². The lowest BCUT2D eigenvalue weighted by molar-refractivity contribution is -0.130. The first-order valence-corrected chi connectivity index (χ1v) is 8.98. The van der Waals surface area contributed by atoms with Crippen LogP contribution in [0.1, 0.15) is 62.6 Å². The first-order valence-electron chi connectivity index (χ1n) is 8.98. The number of carbonyl (C=O) groups is 2. The average molecular weight is 326 g/mol. The van der Waals surface area contributed by atoms with E-state index in [1.165, 1.54) is 32.1 Å². The van der Waals surface area contributed by atoms with Crippen LogP contribution in [0.5, 0.6) is 0 Å². The van der Waals surface area contributed by atoms with Crippen LogP contribution in [-0.4, -0.2) is 23.3 Å². The first kappa shape index (κ1) is 16.7. The highest BCUT2D eigenvalue weighted by atomic mass is 16.2. The predicted molar refractivity (Wildman–Crippen MR) is 94.9 cm³/mol. The van der Waals surface area contributed by atoms with Gasteiger partial charge in [0.2, 0.25) is 11.8 Å². The molecule has 1 fully saturated rings. The van der Waals surface area contributed by atoms with Gasteiger partial charge in [-0.3, -0.25) is 9.59 Å². The Balaban J connectivity index is 1.65. The number of nitrogens with zero attached hydrogens (tertiary/aromatic N) is 1. The molecule has 24 heavy (non-hydrogen) atoms. The molecule has 0 aromatic heterocycles. The summed E-state index contributed by atoms with van der Waals surface area (Å²) in [5.41, 5.74) is 2.13. The van der Waals surface area contributed by atoms with E-state index in [9.17, 15) is 9.59 Å². The maximum absolute atomic E-state index is 12.5. The summed E-state index contributed by atoms with van der Waals surface area (Å²) in [5.74, 6) is 0.609. The Kier molecular flexibility index (Phi) is 5.34. The third-order valence-electron chi connectivity index (χ3n) is 5.16. The van der Waals surface area contributed by atoms with Gasteiger partial charge in [0.1, 0.15) is 0 Å². The van der Waals surface area contributed by atoms with E-state index in [0.29, 0.717) is 12.3 Å². The van der Waals surface area contributed by atoms with Crippen LogP contribution in [0.15, 0.2) is 30.5 Å². The van der Waals surface area contributed by atoms with Crippen LogP contribution in [0.2, 0.25) is 0 Å². The summed E-state index contributed by atoms with van der Waals surface area (Å²) in [7, 11) is 0. The maximum atomic E-state index is 12.5. The lowest BCUT2D eigenvalue weighted by Gasteiger charge is -2.32. The number of nitrogens with one attached hydrogen (secondary N) is 1. The second-order valence-corrected chi connectivity index (χ2v) is 6.90. The number of hydrogen-bond acceptors (Lipinski definition) is 2. The van der Waals surface area contributed by atoms with Crippen LogP contribution in [0.4, 0.5) is 0 Å². The molecule has 2 amide bonds. The molecule has 0 bridgehead atoms. The Morgan fingerprint density at radius 2 is 1.92 bits per heavy atom. The molecule has 1 aliphatic carbocycles. The summed E-state index contributed by atoms with van der Waals surface area (Å²) in [6.07, 6.45) is 10.4. The standard InChI is InChI=1S/C20H26N2O2/c1-15(23)22-12-11-17-9-5-6-10-18(17)19(22)13-20(24)21-14-16-7-3-2-4-8-16/h5-6,9-12,16,19H,2-4,7-8,13-14H2,1H3,(H,21,24)/t19-/m1/s1. The summed E-state index contributed by atoms with van der Waals surface area (Å²) in [5, 5.41) is 3.09. The van der Waals surface area contributed by atoms with E-state index in [4.69, 9.17) is 0 Å². The van der Waals surface area contributed by atoms with Crippen molar-refractivity contribution in [1.29, 1.82) is 0 Å². The van der Waals surface area contributed by atoms with Crippen molar-refractivity contribution in [3.05, 3.63) is 41.6 Å². The van der Waals surface area contributed by atoms with Crippen LogP contribution in [0, 0.1) is 5.92 Å². The van der Waals surface area contributed by atoms with Crippen molar-refractivity contribution in [1.82, 2.24) is 10.2 Å². The van der Waals surface area contributed by atoms with Gasteiger partial charge in [0.25, 0.3) is 0 Å². The largest absolute Gasteiger partial charge is 0.356 e. The zero-order valence-electron chi connectivity index (χ0n) is 14.3. The Bertz CT molecular complexity index is 632. The second kappa shape index (κ2) is 7.65. The monoisotopic (exact) mass is 326 g/mol. The van der Waals surface area contributed by atoms with Crippen molar-refractivity contribution in [3.63, 3.8) is 0 Å². The van der Waals surface area contributed by atoms with E-state index >= 15 is 0 Å². The van der Waals surface area contributed by atoms with Gasteiger partial charge in [-0.2, -0.15) is 0 Å². The molecule has 1 heterocycles. The molecule has 1 saturated carbocycles. The van der Waals surface area contributed by atoms with Crippen molar-refractivity contribution in [2.45, 2.75) is 51.5 Å². The number of benzene rings is 1. The lowest BCUT2D eigenvalue weighted by atomic mass is 9.89. The molecule has 1 N–H and O–H groups in total. The summed E-state index contributed by atoms with van der Waals surface area (Å²) in [6, 6.07) is 7.76. The molecular formula is C20H26N2O2. The molecule has 1 aromatic rings. The Hall–Kier alpha value is -2.10. The van der Waals surface area contributed by atoms with Gasteiger partial charge in [0.05, 0.1) is 12.5 Å². The zero-order chi connectivity index (χ0) is 16.9. The van der Waals surface area contributed by atoms with Crippen molar-refractivity contribution in [2.75, 3.05) is 6.54 Å². The van der Waals surface area contributed by atoms with E-state index in [2.05, 4.69) is 5.32 Å². The number of amides is 2. The van der Waals surface area contributed by atoms with Crippen molar-refractivity contribution in [3.8, 4) is 0 Å². The molecule has 0 spiro atoms. The molecule has 4 heteroatoms. The molecule has 1 aliphatic heterocycles. The van der Waals surface area contributed by atoms with Gasteiger partial charge in [-0.25, -0.2) is 0 Å². The fourth-order valence-corrected chi connectivity index (χ4v) is 3.81. The topological polar surface area (TPSA) is 49.4 Å². The SMILES string of the molecule is CC(=O)N1C=Cc2ccccc2[C@H]1CC(=O)NCC1CCCCC1. The first-order chi connectivity index (χ1) is 11.6. The van der Waals surface area contributed by atoms with Crippen molar-refractivity contribution in [2.24, 2.45) is 5.92 Å². The van der Waals surface area contributed by atoms with E-state index in [1.807, 2.05) is 30.3 Å². The molecule has 1 atom stereocenters. The van der Waals surface area contributed by atoms with Crippen LogP contribution in [0.3, 0.4) is 0 Å². The number of carbonyl (C=O) groups excluding carboxylic acids is 2. The number of fused-ring (bicyclic) bond motifs is 1. The minimum atomic E-state index is -0.213. The quantitative estimate of drug-likeness (QED) is 0.918. The second-order valence-electron chi connectivity index (χ2n) is 6.90. The van der Waals surface area contributed by atoms with Gasteiger partial charge in [-0.1, -0.05) is 43.5 Å². The van der Waals surface area contributed by atoms with E-state index < -0.39 is 0 Å². The molecule has 0 saturated heterocycles. The summed E-state index contributed by atoms with van der Waals surface area (Å²) < 4.78 is 0. The smallest absolute Gasteiger partial charge is 0.223 e. The normalized spacial score (nSPS) is 20.5. The van der Waals surface area contributed by atoms with Gasteiger partial charge >= 0.3 is 0 Å². The summed E-state index contributed by atoms with van der Waals surface area (Å²) in [6.45, 7) is 2.31. The van der Waals surface area contributed by atoms with Crippen LogP contribution in [-0.2, 0) is 9.59 Å². The van der Waals surface area contributed by atoms with Gasteiger partial charge in [0, 0.05) is 19.7 Å². The summed E-state index contributed by atoms with van der Waals surface area (Å²) in [4.78, 5) is 26.1. The van der Waals surface area contributed by atoms with Gasteiger partial charge < -0.3 is 10.2 Å².